The fourth-order valence-corrected chi connectivity index (χ4v) is 1.03. The zero-order chi connectivity index (χ0) is 9.14. The molecule has 0 heterocycles. The first kappa shape index (κ1) is 6.59. The van der Waals surface area contributed by atoms with Crippen LogP contribution in [-0.2, 0) is 0 Å². The molecule has 0 bridgehead atoms. The van der Waals surface area contributed by atoms with Crippen LogP contribution in [0.25, 0.3) is 0 Å². The Balaban J connectivity index is 3.25. The van der Waals surface area contributed by atoms with Crippen molar-refractivity contribution < 1.29 is 6.17 Å². The quantitative estimate of drug-likeness (QED) is 0.559. The second-order valence-corrected chi connectivity index (χ2v) is 2.75. The fraction of sp³-hybridized carbons (Fsp3) is 0.300. The molecule has 0 aliphatic carbocycles. The summed E-state index contributed by atoms with van der Waals surface area (Å²) in [5.41, 5.74) is 3.71. The molecule has 0 saturated carbocycles. The van der Waals surface area contributed by atoms with Gasteiger partial charge in [0.1, 0.15) is 6.29 Å². The molecule has 58 valence electrons. The largest absolute Gasteiger partial charge is 0.298 e. The molecule has 0 saturated heterocycles. The Labute approximate surface area is 68.5 Å². The maximum Gasteiger partial charge on any atom is 0.150 e. The monoisotopic (exact) mass is 148 g/mol. The van der Waals surface area contributed by atoms with Crippen LogP contribution in [0.2, 0.25) is 0 Å². The number of aldehydes is 1. The molecule has 0 aromatic heterocycles. The number of rotatable bonds is 1. The lowest BCUT2D eigenvalue weighted by molar-refractivity contribution is 0.112. The molecular weight excluding hydrogens is 136 g/mol. The van der Waals surface area contributed by atoms with Crippen molar-refractivity contribution in [1.82, 2.24) is 0 Å². The van der Waals surface area contributed by atoms with Gasteiger partial charge in [-0.3, -0.25) is 4.79 Å². The summed E-state index contributed by atoms with van der Waals surface area (Å²) in [6, 6.07) is 3.75. The van der Waals surface area contributed by atoms with Gasteiger partial charge in [0.25, 0.3) is 0 Å². The molecule has 0 radical (unpaired) electrons. The molecule has 1 rings (SSSR count). The highest BCUT2D eigenvalue weighted by molar-refractivity contribution is 5.77. The van der Waals surface area contributed by atoms with E-state index in [2.05, 4.69) is 0 Å². The van der Waals surface area contributed by atoms with Gasteiger partial charge in [-0.15, -0.1) is 0 Å². The first-order valence-electron chi connectivity index (χ1n) is 4.24. The summed E-state index contributed by atoms with van der Waals surface area (Å²) in [6.45, 7) is 4.10. The van der Waals surface area contributed by atoms with E-state index in [9.17, 15) is 4.79 Å². The second kappa shape index (κ2) is 2.87. The summed E-state index contributed by atoms with van der Waals surface area (Å²) in [5, 5.41) is 0. The van der Waals surface area contributed by atoms with Crippen LogP contribution in [0.15, 0.2) is 12.1 Å². The van der Waals surface area contributed by atoms with E-state index in [1.807, 2.05) is 26.0 Å². The Kier molecular flexibility index (Phi) is 1.72. The Hall–Kier alpha value is -1.11. The number of carbonyl (C=O) groups is 1. The number of hydrogen-bond donors (Lipinski definition) is 0. The Morgan fingerprint density at radius 3 is 2.55 bits per heavy atom. The normalized spacial score (nSPS) is 10.9. The van der Waals surface area contributed by atoms with Gasteiger partial charge in [-0.1, -0.05) is 6.07 Å². The smallest absolute Gasteiger partial charge is 0.150 e. The SMILES string of the molecule is [1H]Cc1cc(C)c(C=O)cc1C. The minimum Gasteiger partial charge on any atom is -0.298 e. The molecule has 0 atom stereocenters. The fourth-order valence-electron chi connectivity index (χ4n) is 1.03. The van der Waals surface area contributed by atoms with Crippen molar-refractivity contribution >= 4 is 6.29 Å². The molecule has 1 nitrogen and oxygen atoms in total. The van der Waals surface area contributed by atoms with Gasteiger partial charge in [-0.25, -0.2) is 0 Å². The average Bonchev–Trinajstić information content (AvgIpc) is 2.08. The first-order chi connectivity index (χ1) is 5.69. The minimum absolute atomic E-state index is 0.284. The van der Waals surface area contributed by atoms with Crippen molar-refractivity contribution in [2.24, 2.45) is 0 Å². The molecule has 1 aromatic carbocycles. The van der Waals surface area contributed by atoms with E-state index < -0.39 is 0 Å². The molecular formula is C10H12O. The van der Waals surface area contributed by atoms with Crippen LogP contribution >= 0.6 is 0 Å². The standard InChI is InChI=1S/C10H12O/c1-7-4-9(3)10(6-11)5-8(7)2/h4-6H,1-3H3/i1H. The van der Waals surface area contributed by atoms with E-state index in [-0.39, 0.29) is 6.90 Å². The van der Waals surface area contributed by atoms with E-state index >= 15 is 0 Å². The second-order valence-electron chi connectivity index (χ2n) is 2.75. The zero-order valence-corrected chi connectivity index (χ0v) is 6.85. The Bertz CT molecular complexity index is 305. The number of hydrogen-bond acceptors (Lipinski definition) is 1. The first-order valence-corrected chi connectivity index (χ1v) is 3.53. The maximum atomic E-state index is 10.5. The number of benzene rings is 1. The molecule has 0 amide bonds. The Morgan fingerprint density at radius 1 is 1.27 bits per heavy atom. The summed E-state index contributed by atoms with van der Waals surface area (Å²) in [6.07, 6.45) is 0.857. The molecule has 11 heavy (non-hydrogen) atoms. The lowest BCUT2D eigenvalue weighted by Gasteiger charge is -2.03. The molecule has 0 aliphatic heterocycles. The van der Waals surface area contributed by atoms with Crippen molar-refractivity contribution in [3.05, 3.63) is 34.4 Å². The topological polar surface area (TPSA) is 17.1 Å². The molecule has 0 N–H and O–H groups in total. The van der Waals surface area contributed by atoms with Crippen LogP contribution in [0.5, 0.6) is 0 Å². The summed E-state index contributed by atoms with van der Waals surface area (Å²) >= 11 is 0. The third-order valence-electron chi connectivity index (χ3n) is 1.85. The summed E-state index contributed by atoms with van der Waals surface area (Å²) < 4.78 is 7.22. The average molecular weight is 148 g/mol. The van der Waals surface area contributed by atoms with Gasteiger partial charge in [0.15, 0.2) is 0 Å². The molecule has 1 heteroatoms. The highest BCUT2D eigenvalue weighted by Gasteiger charge is 1.98. The van der Waals surface area contributed by atoms with Gasteiger partial charge >= 0.3 is 0 Å². The van der Waals surface area contributed by atoms with Crippen molar-refractivity contribution in [2.45, 2.75) is 20.7 Å². The predicted octanol–water partition coefficient (Wildman–Crippen LogP) is 2.42. The Morgan fingerprint density at radius 2 is 2.00 bits per heavy atom. The highest BCUT2D eigenvalue weighted by atomic mass is 16.1. The van der Waals surface area contributed by atoms with Gasteiger partial charge in [0, 0.05) is 6.93 Å². The van der Waals surface area contributed by atoms with Gasteiger partial charge in [-0.05, 0) is 43.5 Å². The number of aryl methyl sites for hydroxylation is 3. The minimum atomic E-state index is 0.284. The lowest BCUT2D eigenvalue weighted by atomic mass is 10.0. The van der Waals surface area contributed by atoms with E-state index in [1.54, 1.807) is 0 Å². The van der Waals surface area contributed by atoms with Crippen LogP contribution in [-0.4, -0.2) is 6.29 Å². The van der Waals surface area contributed by atoms with Crippen molar-refractivity contribution in [1.29, 1.82) is 0 Å². The maximum absolute atomic E-state index is 10.5. The van der Waals surface area contributed by atoms with Crippen LogP contribution in [0.3, 0.4) is 0 Å². The van der Waals surface area contributed by atoms with Crippen molar-refractivity contribution in [3.63, 3.8) is 0 Å². The van der Waals surface area contributed by atoms with E-state index in [0.29, 0.717) is 0 Å². The van der Waals surface area contributed by atoms with Crippen molar-refractivity contribution in [3.8, 4) is 0 Å². The number of carbonyl (C=O) groups excluding carboxylic acids is 1. The summed E-state index contributed by atoms with van der Waals surface area (Å²) in [5.74, 6) is 0. The van der Waals surface area contributed by atoms with Gasteiger partial charge in [0.2, 0.25) is 0 Å². The molecule has 0 aliphatic rings. The van der Waals surface area contributed by atoms with Gasteiger partial charge < -0.3 is 0 Å². The molecule has 0 unspecified atom stereocenters. The summed E-state index contributed by atoms with van der Waals surface area (Å²) in [4.78, 5) is 10.5. The van der Waals surface area contributed by atoms with E-state index in [0.717, 1.165) is 28.5 Å². The van der Waals surface area contributed by atoms with Gasteiger partial charge in [0.05, 0.1) is 0 Å². The van der Waals surface area contributed by atoms with Crippen LogP contribution in [0, 0.1) is 20.7 Å². The zero-order valence-electron chi connectivity index (χ0n) is 7.85. The molecule has 0 fully saturated rings. The highest BCUT2D eigenvalue weighted by Crippen LogP contribution is 2.12. The summed E-state index contributed by atoms with van der Waals surface area (Å²) in [7, 11) is 0. The van der Waals surface area contributed by atoms with E-state index in [4.69, 9.17) is 1.37 Å². The van der Waals surface area contributed by atoms with E-state index in [1.165, 1.54) is 0 Å². The van der Waals surface area contributed by atoms with Gasteiger partial charge in [-0.2, -0.15) is 0 Å². The van der Waals surface area contributed by atoms with Crippen LogP contribution < -0.4 is 0 Å². The predicted molar refractivity (Wildman–Crippen MR) is 46.0 cm³/mol. The van der Waals surface area contributed by atoms with Crippen LogP contribution in [0.4, 0.5) is 0 Å². The van der Waals surface area contributed by atoms with Crippen LogP contribution in [0.1, 0.15) is 28.4 Å². The molecule has 0 spiro atoms. The molecule has 1 aromatic rings. The van der Waals surface area contributed by atoms with Crippen molar-refractivity contribution in [2.75, 3.05) is 0 Å². The third-order valence-corrected chi connectivity index (χ3v) is 1.85. The lowest BCUT2D eigenvalue weighted by Crippen LogP contribution is -1.90. The third kappa shape index (κ3) is 1.48.